The molecule has 0 radical (unpaired) electrons. The van der Waals surface area contributed by atoms with Gasteiger partial charge in [-0.05, 0) is 86.5 Å². The average molecular weight is 407 g/mol. The summed E-state index contributed by atoms with van der Waals surface area (Å²) in [6, 6.07) is 14.2. The molecular formula is C25H30N2OS. The first kappa shape index (κ1) is 20.1. The predicted molar refractivity (Wildman–Crippen MR) is 124 cm³/mol. The first-order valence-corrected chi connectivity index (χ1v) is 11.5. The summed E-state index contributed by atoms with van der Waals surface area (Å²) in [5.41, 5.74) is 10.5. The van der Waals surface area contributed by atoms with Crippen LogP contribution in [0.2, 0.25) is 0 Å². The molecule has 1 fully saturated rings. The van der Waals surface area contributed by atoms with Gasteiger partial charge in [-0.25, -0.2) is 0 Å². The molecule has 3 nitrogen and oxygen atoms in total. The monoisotopic (exact) mass is 406 g/mol. The maximum absolute atomic E-state index is 13.1. The van der Waals surface area contributed by atoms with E-state index in [2.05, 4.69) is 43.1 Å². The van der Waals surface area contributed by atoms with Gasteiger partial charge in [0.25, 0.3) is 0 Å². The Hall–Kier alpha value is -2.17. The van der Waals surface area contributed by atoms with Crippen LogP contribution in [0.25, 0.3) is 10.1 Å². The topological polar surface area (TPSA) is 46.3 Å². The third-order valence-corrected chi connectivity index (χ3v) is 7.19. The van der Waals surface area contributed by atoms with E-state index in [1.54, 1.807) is 11.3 Å². The number of nitrogens with zero attached hydrogens (tertiary/aromatic N) is 1. The molecule has 0 saturated carbocycles. The number of carbonyl (C=O) groups is 1. The van der Waals surface area contributed by atoms with Crippen LogP contribution < -0.4 is 5.73 Å². The second-order valence-corrected chi connectivity index (χ2v) is 9.38. The number of hydrogen-bond donors (Lipinski definition) is 1. The van der Waals surface area contributed by atoms with Crippen LogP contribution in [0.1, 0.15) is 65.6 Å². The number of aryl methyl sites for hydroxylation is 1. The molecule has 0 spiro atoms. The molecular weight excluding hydrogens is 376 g/mol. The van der Waals surface area contributed by atoms with Crippen molar-refractivity contribution >= 4 is 32.2 Å². The van der Waals surface area contributed by atoms with Gasteiger partial charge in [0, 0.05) is 15.8 Å². The number of benzene rings is 2. The maximum Gasteiger partial charge on any atom is 0.193 e. The molecule has 29 heavy (non-hydrogen) atoms. The fourth-order valence-corrected chi connectivity index (χ4v) is 5.40. The summed E-state index contributed by atoms with van der Waals surface area (Å²) in [4.78, 5) is 15.5. The van der Waals surface area contributed by atoms with Crippen LogP contribution in [0, 0.1) is 0 Å². The van der Waals surface area contributed by atoms with Crippen molar-refractivity contribution in [2.24, 2.45) is 0 Å². The van der Waals surface area contributed by atoms with Crippen molar-refractivity contribution in [2.45, 2.75) is 44.9 Å². The average Bonchev–Trinajstić information content (AvgIpc) is 3.07. The van der Waals surface area contributed by atoms with Crippen molar-refractivity contribution in [3.8, 4) is 0 Å². The van der Waals surface area contributed by atoms with Crippen LogP contribution in [0.4, 0.5) is 5.00 Å². The summed E-state index contributed by atoms with van der Waals surface area (Å²) < 4.78 is 1.18. The van der Waals surface area contributed by atoms with Crippen molar-refractivity contribution < 1.29 is 4.79 Å². The standard InChI is InChI=1S/C25H30N2OS/c1-3-4-5-17-6-8-19(9-7-17)24(28)20-10-11-22-21(16-20)23(25(26)29-22)18-12-14-27(2)15-13-18/h6-11,16,18H,3-5,12-15,26H2,1-2H3. The van der Waals surface area contributed by atoms with E-state index in [0.717, 1.165) is 48.5 Å². The summed E-state index contributed by atoms with van der Waals surface area (Å²) in [6.45, 7) is 4.40. The summed E-state index contributed by atoms with van der Waals surface area (Å²) in [5, 5.41) is 2.09. The summed E-state index contributed by atoms with van der Waals surface area (Å²) in [7, 11) is 2.18. The van der Waals surface area contributed by atoms with E-state index in [9.17, 15) is 4.79 Å². The number of fused-ring (bicyclic) bond motifs is 1. The highest BCUT2D eigenvalue weighted by Crippen LogP contribution is 2.42. The van der Waals surface area contributed by atoms with Crippen molar-refractivity contribution in [3.63, 3.8) is 0 Å². The Bertz CT molecular complexity index is 998. The molecule has 0 unspecified atom stereocenters. The number of rotatable bonds is 6. The van der Waals surface area contributed by atoms with Gasteiger partial charge in [-0.2, -0.15) is 0 Å². The van der Waals surface area contributed by atoms with Gasteiger partial charge in [0.1, 0.15) is 0 Å². The minimum Gasteiger partial charge on any atom is -0.390 e. The minimum absolute atomic E-state index is 0.0908. The van der Waals surface area contributed by atoms with E-state index in [0.29, 0.717) is 5.92 Å². The summed E-state index contributed by atoms with van der Waals surface area (Å²) >= 11 is 1.65. The lowest BCUT2D eigenvalue weighted by Crippen LogP contribution is -2.29. The minimum atomic E-state index is 0.0908. The Labute approximate surface area is 177 Å². The van der Waals surface area contributed by atoms with Gasteiger partial charge in [0.2, 0.25) is 0 Å². The molecule has 0 amide bonds. The summed E-state index contributed by atoms with van der Waals surface area (Å²) in [5.74, 6) is 0.580. The van der Waals surface area contributed by atoms with Crippen LogP contribution in [0.15, 0.2) is 42.5 Å². The number of nitrogens with two attached hydrogens (primary N) is 1. The Morgan fingerprint density at radius 1 is 1.10 bits per heavy atom. The van der Waals surface area contributed by atoms with Gasteiger partial charge < -0.3 is 10.6 Å². The molecule has 4 heteroatoms. The molecule has 2 aromatic carbocycles. The molecule has 4 rings (SSSR count). The van der Waals surface area contributed by atoms with Gasteiger partial charge in [-0.3, -0.25) is 4.79 Å². The van der Waals surface area contributed by atoms with Gasteiger partial charge >= 0.3 is 0 Å². The van der Waals surface area contributed by atoms with Crippen molar-refractivity contribution in [1.29, 1.82) is 0 Å². The number of thiophene rings is 1. The van der Waals surface area contributed by atoms with Gasteiger partial charge in [0.05, 0.1) is 5.00 Å². The van der Waals surface area contributed by atoms with Crippen LogP contribution in [-0.4, -0.2) is 30.8 Å². The normalized spacial score (nSPS) is 15.8. The number of nitrogen functional groups attached to an aromatic ring is 1. The van der Waals surface area contributed by atoms with E-state index in [1.807, 2.05) is 18.2 Å². The quantitative estimate of drug-likeness (QED) is 0.521. The van der Waals surface area contributed by atoms with Gasteiger partial charge in [-0.15, -0.1) is 11.3 Å². The van der Waals surface area contributed by atoms with Crippen LogP contribution >= 0.6 is 11.3 Å². The number of hydrogen-bond acceptors (Lipinski definition) is 4. The van der Waals surface area contributed by atoms with E-state index < -0.39 is 0 Å². The highest BCUT2D eigenvalue weighted by molar-refractivity contribution is 7.22. The van der Waals surface area contributed by atoms with Crippen LogP contribution in [0.5, 0.6) is 0 Å². The Kier molecular flexibility index (Phi) is 6.02. The third-order valence-electron chi connectivity index (χ3n) is 6.18. The highest BCUT2D eigenvalue weighted by Gasteiger charge is 2.24. The lowest BCUT2D eigenvalue weighted by atomic mass is 9.88. The van der Waals surface area contributed by atoms with E-state index >= 15 is 0 Å². The molecule has 0 aliphatic carbocycles. The lowest BCUT2D eigenvalue weighted by Gasteiger charge is -2.29. The smallest absolute Gasteiger partial charge is 0.193 e. The molecule has 152 valence electrons. The van der Waals surface area contributed by atoms with Crippen LogP contribution in [0.3, 0.4) is 0 Å². The highest BCUT2D eigenvalue weighted by atomic mass is 32.1. The van der Waals surface area contributed by atoms with Gasteiger partial charge in [-0.1, -0.05) is 37.6 Å². The number of piperidine rings is 1. The Morgan fingerprint density at radius 2 is 1.79 bits per heavy atom. The van der Waals surface area contributed by atoms with Crippen molar-refractivity contribution in [3.05, 3.63) is 64.7 Å². The number of unbranched alkanes of at least 4 members (excludes halogenated alkanes) is 1. The molecule has 0 atom stereocenters. The number of ketones is 1. The maximum atomic E-state index is 13.1. The molecule has 2 heterocycles. The Morgan fingerprint density at radius 3 is 2.48 bits per heavy atom. The molecule has 2 N–H and O–H groups in total. The lowest BCUT2D eigenvalue weighted by molar-refractivity contribution is 0.103. The number of likely N-dealkylation sites (tertiary alicyclic amines) is 1. The molecule has 0 bridgehead atoms. The number of carbonyl (C=O) groups excluding carboxylic acids is 1. The SMILES string of the molecule is CCCCc1ccc(C(=O)c2ccc3sc(N)c(C4CCN(C)CC4)c3c2)cc1. The third kappa shape index (κ3) is 4.24. The van der Waals surface area contributed by atoms with E-state index in [1.165, 1.54) is 34.1 Å². The van der Waals surface area contributed by atoms with E-state index in [4.69, 9.17) is 5.73 Å². The largest absolute Gasteiger partial charge is 0.390 e. The molecule has 3 aromatic rings. The summed E-state index contributed by atoms with van der Waals surface area (Å²) in [6.07, 6.45) is 5.70. The second-order valence-electron chi connectivity index (χ2n) is 8.30. The zero-order valence-corrected chi connectivity index (χ0v) is 18.2. The first-order valence-electron chi connectivity index (χ1n) is 10.7. The first-order chi connectivity index (χ1) is 14.1. The molecule has 1 saturated heterocycles. The number of anilines is 1. The second kappa shape index (κ2) is 8.68. The van der Waals surface area contributed by atoms with Crippen molar-refractivity contribution in [2.75, 3.05) is 25.9 Å². The molecule has 1 aliphatic heterocycles. The van der Waals surface area contributed by atoms with E-state index in [-0.39, 0.29) is 5.78 Å². The molecule has 1 aliphatic rings. The van der Waals surface area contributed by atoms with Crippen molar-refractivity contribution in [1.82, 2.24) is 4.90 Å². The zero-order valence-electron chi connectivity index (χ0n) is 17.4. The fraction of sp³-hybridized carbons (Fsp3) is 0.400. The Balaban J connectivity index is 1.62. The molecule has 1 aromatic heterocycles. The van der Waals surface area contributed by atoms with Crippen LogP contribution in [-0.2, 0) is 6.42 Å². The van der Waals surface area contributed by atoms with Gasteiger partial charge in [0.15, 0.2) is 5.78 Å². The zero-order chi connectivity index (χ0) is 20.4. The fourth-order valence-electron chi connectivity index (χ4n) is 4.37. The predicted octanol–water partition coefficient (Wildman–Crippen LogP) is 5.87.